The zero-order chi connectivity index (χ0) is 12.2. The van der Waals surface area contributed by atoms with Crippen molar-refractivity contribution < 1.29 is 4.74 Å². The molecule has 1 aliphatic rings. The quantitative estimate of drug-likeness (QED) is 0.891. The minimum absolute atomic E-state index is 0.381. The fraction of sp³-hybridized carbons (Fsp3) is 0.429. The maximum Gasteiger partial charge on any atom is 0.0931 e. The van der Waals surface area contributed by atoms with Crippen LogP contribution in [0.25, 0.3) is 11.0 Å². The van der Waals surface area contributed by atoms with Gasteiger partial charge in [-0.3, -0.25) is 9.97 Å². The van der Waals surface area contributed by atoms with Gasteiger partial charge in [-0.1, -0.05) is 12.1 Å². The Labute approximate surface area is 106 Å². The monoisotopic (exact) mass is 243 g/mol. The first-order chi connectivity index (χ1) is 8.93. The fourth-order valence-corrected chi connectivity index (χ4v) is 2.37. The van der Waals surface area contributed by atoms with Gasteiger partial charge in [0, 0.05) is 32.1 Å². The standard InChI is InChI=1S/C14H17N3O/c1-3-11(9-15-10-12-4-2-8-18-12)14-13(5-1)16-6-7-17-14/h1,3,5-7,12,15H,2,4,8-10H2. The average molecular weight is 243 g/mol. The second-order valence-corrected chi connectivity index (χ2v) is 4.61. The van der Waals surface area contributed by atoms with Crippen molar-refractivity contribution in [2.45, 2.75) is 25.5 Å². The minimum atomic E-state index is 0.381. The van der Waals surface area contributed by atoms with E-state index in [4.69, 9.17) is 4.74 Å². The molecule has 2 heterocycles. The van der Waals surface area contributed by atoms with Crippen LogP contribution in [-0.2, 0) is 11.3 Å². The van der Waals surface area contributed by atoms with Gasteiger partial charge < -0.3 is 10.1 Å². The normalized spacial score (nSPS) is 19.4. The summed E-state index contributed by atoms with van der Waals surface area (Å²) in [6.07, 6.45) is 6.21. The van der Waals surface area contributed by atoms with Gasteiger partial charge in [0.25, 0.3) is 0 Å². The number of hydrogen-bond acceptors (Lipinski definition) is 4. The summed E-state index contributed by atoms with van der Waals surface area (Å²) in [5.74, 6) is 0. The average Bonchev–Trinajstić information content (AvgIpc) is 2.92. The van der Waals surface area contributed by atoms with Crippen LogP contribution in [0.15, 0.2) is 30.6 Å². The van der Waals surface area contributed by atoms with E-state index in [1.54, 1.807) is 12.4 Å². The van der Waals surface area contributed by atoms with Crippen LogP contribution in [0.2, 0.25) is 0 Å². The molecule has 3 rings (SSSR count). The summed E-state index contributed by atoms with van der Waals surface area (Å²) < 4.78 is 5.59. The van der Waals surface area contributed by atoms with Gasteiger partial charge in [-0.25, -0.2) is 0 Å². The number of fused-ring (bicyclic) bond motifs is 1. The van der Waals surface area contributed by atoms with Crippen molar-refractivity contribution in [2.75, 3.05) is 13.2 Å². The van der Waals surface area contributed by atoms with E-state index in [-0.39, 0.29) is 0 Å². The summed E-state index contributed by atoms with van der Waals surface area (Å²) in [6.45, 7) is 2.64. The zero-order valence-electron chi connectivity index (χ0n) is 10.3. The van der Waals surface area contributed by atoms with E-state index in [0.29, 0.717) is 6.10 Å². The summed E-state index contributed by atoms with van der Waals surface area (Å²) in [7, 11) is 0. The Balaban J connectivity index is 1.66. The van der Waals surface area contributed by atoms with Crippen molar-refractivity contribution in [3.63, 3.8) is 0 Å². The molecule has 0 bridgehead atoms. The lowest BCUT2D eigenvalue weighted by atomic mass is 10.1. The van der Waals surface area contributed by atoms with E-state index in [0.717, 1.165) is 30.7 Å². The van der Waals surface area contributed by atoms with Crippen molar-refractivity contribution in [1.29, 1.82) is 0 Å². The number of aromatic nitrogens is 2. The third kappa shape index (κ3) is 2.49. The molecule has 0 saturated carbocycles. The highest BCUT2D eigenvalue weighted by atomic mass is 16.5. The third-order valence-corrected chi connectivity index (χ3v) is 3.29. The molecule has 1 aromatic heterocycles. The number of nitrogens with one attached hydrogen (secondary N) is 1. The van der Waals surface area contributed by atoms with Gasteiger partial charge in [0.1, 0.15) is 0 Å². The van der Waals surface area contributed by atoms with E-state index in [2.05, 4.69) is 21.4 Å². The number of nitrogens with zero attached hydrogens (tertiary/aromatic N) is 2. The molecule has 1 N–H and O–H groups in total. The van der Waals surface area contributed by atoms with Gasteiger partial charge in [0.2, 0.25) is 0 Å². The van der Waals surface area contributed by atoms with Crippen molar-refractivity contribution in [2.24, 2.45) is 0 Å². The Morgan fingerprint density at radius 3 is 3.11 bits per heavy atom. The first kappa shape index (κ1) is 11.6. The van der Waals surface area contributed by atoms with E-state index in [9.17, 15) is 0 Å². The number of hydrogen-bond donors (Lipinski definition) is 1. The van der Waals surface area contributed by atoms with Crippen LogP contribution in [0, 0.1) is 0 Å². The molecule has 0 amide bonds. The maximum atomic E-state index is 5.59. The highest BCUT2D eigenvalue weighted by molar-refractivity contribution is 5.77. The van der Waals surface area contributed by atoms with Crippen molar-refractivity contribution in [1.82, 2.24) is 15.3 Å². The molecular weight excluding hydrogens is 226 g/mol. The fourth-order valence-electron chi connectivity index (χ4n) is 2.37. The second-order valence-electron chi connectivity index (χ2n) is 4.61. The molecule has 1 aromatic carbocycles. The molecule has 4 nitrogen and oxygen atoms in total. The molecule has 0 radical (unpaired) electrons. The van der Waals surface area contributed by atoms with E-state index < -0.39 is 0 Å². The van der Waals surface area contributed by atoms with E-state index in [1.807, 2.05) is 12.1 Å². The summed E-state index contributed by atoms with van der Waals surface area (Å²) in [6, 6.07) is 6.12. The molecule has 2 aromatic rings. The summed E-state index contributed by atoms with van der Waals surface area (Å²) in [5, 5.41) is 3.44. The first-order valence-corrected chi connectivity index (χ1v) is 6.44. The van der Waals surface area contributed by atoms with Crippen LogP contribution in [0.1, 0.15) is 18.4 Å². The highest BCUT2D eigenvalue weighted by Crippen LogP contribution is 2.14. The van der Waals surface area contributed by atoms with Gasteiger partial charge >= 0.3 is 0 Å². The van der Waals surface area contributed by atoms with Crippen LogP contribution in [-0.4, -0.2) is 29.2 Å². The Morgan fingerprint density at radius 1 is 1.28 bits per heavy atom. The van der Waals surface area contributed by atoms with Crippen LogP contribution in [0.4, 0.5) is 0 Å². The SMILES string of the molecule is c1cc(CNCC2CCCO2)c2nccnc2c1. The van der Waals surface area contributed by atoms with Crippen LogP contribution in [0.3, 0.4) is 0 Å². The lowest BCUT2D eigenvalue weighted by Crippen LogP contribution is -2.25. The Kier molecular flexibility index (Phi) is 3.48. The van der Waals surface area contributed by atoms with Gasteiger partial charge in [0.15, 0.2) is 0 Å². The molecular formula is C14H17N3O. The Hall–Kier alpha value is -1.52. The van der Waals surface area contributed by atoms with Crippen LogP contribution < -0.4 is 5.32 Å². The van der Waals surface area contributed by atoms with Crippen molar-refractivity contribution in [3.8, 4) is 0 Å². The molecule has 0 spiro atoms. The largest absolute Gasteiger partial charge is 0.377 e. The van der Waals surface area contributed by atoms with Crippen molar-refractivity contribution in [3.05, 3.63) is 36.2 Å². The lowest BCUT2D eigenvalue weighted by Gasteiger charge is -2.11. The summed E-state index contributed by atoms with van der Waals surface area (Å²) in [5.41, 5.74) is 3.13. The molecule has 1 fully saturated rings. The highest BCUT2D eigenvalue weighted by Gasteiger charge is 2.14. The Bertz CT molecular complexity index is 518. The van der Waals surface area contributed by atoms with Gasteiger partial charge in [0.05, 0.1) is 17.1 Å². The minimum Gasteiger partial charge on any atom is -0.377 e. The topological polar surface area (TPSA) is 47.0 Å². The zero-order valence-corrected chi connectivity index (χ0v) is 10.3. The first-order valence-electron chi connectivity index (χ1n) is 6.44. The molecule has 1 unspecified atom stereocenters. The molecule has 18 heavy (non-hydrogen) atoms. The number of rotatable bonds is 4. The molecule has 0 aliphatic carbocycles. The predicted octanol–water partition coefficient (Wildman–Crippen LogP) is 1.90. The van der Waals surface area contributed by atoms with Gasteiger partial charge in [-0.05, 0) is 24.5 Å². The van der Waals surface area contributed by atoms with Crippen LogP contribution >= 0.6 is 0 Å². The summed E-state index contributed by atoms with van der Waals surface area (Å²) in [4.78, 5) is 8.71. The molecule has 1 atom stereocenters. The predicted molar refractivity (Wildman–Crippen MR) is 70.2 cm³/mol. The number of para-hydroxylation sites is 1. The molecule has 1 aliphatic heterocycles. The smallest absolute Gasteiger partial charge is 0.0931 e. The van der Waals surface area contributed by atoms with Crippen molar-refractivity contribution >= 4 is 11.0 Å². The van der Waals surface area contributed by atoms with E-state index >= 15 is 0 Å². The second kappa shape index (κ2) is 5.42. The molecule has 94 valence electrons. The van der Waals surface area contributed by atoms with Gasteiger partial charge in [-0.15, -0.1) is 0 Å². The molecule has 4 heteroatoms. The van der Waals surface area contributed by atoms with E-state index in [1.165, 1.54) is 18.4 Å². The number of ether oxygens (including phenoxy) is 1. The van der Waals surface area contributed by atoms with Gasteiger partial charge in [-0.2, -0.15) is 0 Å². The Morgan fingerprint density at radius 2 is 2.22 bits per heavy atom. The molecule has 1 saturated heterocycles. The number of benzene rings is 1. The van der Waals surface area contributed by atoms with Crippen LogP contribution in [0.5, 0.6) is 0 Å². The maximum absolute atomic E-state index is 5.59. The lowest BCUT2D eigenvalue weighted by molar-refractivity contribution is 0.110. The third-order valence-electron chi connectivity index (χ3n) is 3.29. The summed E-state index contributed by atoms with van der Waals surface area (Å²) >= 11 is 0.